The van der Waals surface area contributed by atoms with Crippen LogP contribution in [0.3, 0.4) is 0 Å². The predicted octanol–water partition coefficient (Wildman–Crippen LogP) is 2.47. The minimum atomic E-state index is -1.11. The number of ether oxygens (including phenoxy) is 3. The Morgan fingerprint density at radius 3 is 2.65 bits per heavy atom. The van der Waals surface area contributed by atoms with Gasteiger partial charge in [-0.25, -0.2) is 0 Å². The molecule has 5 heteroatoms. The highest BCUT2D eigenvalue weighted by atomic mass is 16.7. The normalized spacial score (nSPS) is 20.9. The van der Waals surface area contributed by atoms with Crippen LogP contribution in [0.25, 0.3) is 17.0 Å². The SMILES string of the molecule is CCOC1(OC)C(OC)=Cc2ccnc3ccnc1c23. The van der Waals surface area contributed by atoms with E-state index in [0.717, 1.165) is 16.5 Å². The molecule has 0 aliphatic heterocycles. The Hall–Kier alpha value is -1.98. The minimum absolute atomic E-state index is 0.474. The Balaban J connectivity index is 2.38. The summed E-state index contributed by atoms with van der Waals surface area (Å²) in [5, 5.41) is 0.936. The molecule has 0 saturated heterocycles. The van der Waals surface area contributed by atoms with Crippen molar-refractivity contribution in [3.63, 3.8) is 0 Å². The minimum Gasteiger partial charge on any atom is -0.495 e. The molecule has 5 nitrogen and oxygen atoms in total. The third kappa shape index (κ3) is 1.63. The number of hydrogen-bond acceptors (Lipinski definition) is 5. The molecule has 0 radical (unpaired) electrons. The van der Waals surface area contributed by atoms with Crippen molar-refractivity contribution >= 4 is 17.0 Å². The zero-order chi connectivity index (χ0) is 14.2. The van der Waals surface area contributed by atoms with Crippen LogP contribution in [0, 0.1) is 0 Å². The molecule has 1 atom stereocenters. The van der Waals surface area contributed by atoms with E-state index in [1.807, 2.05) is 25.1 Å². The molecule has 0 aromatic carbocycles. The van der Waals surface area contributed by atoms with E-state index in [1.54, 1.807) is 26.6 Å². The number of aromatic nitrogens is 2. The van der Waals surface area contributed by atoms with Crippen LogP contribution in [0.15, 0.2) is 30.3 Å². The monoisotopic (exact) mass is 272 g/mol. The Bertz CT molecular complexity index is 679. The zero-order valence-corrected chi connectivity index (χ0v) is 11.7. The molecule has 2 aromatic rings. The van der Waals surface area contributed by atoms with Crippen LogP contribution in [0.1, 0.15) is 18.2 Å². The number of methoxy groups -OCH3 is 2. The van der Waals surface area contributed by atoms with Crippen LogP contribution >= 0.6 is 0 Å². The second kappa shape index (κ2) is 4.85. The van der Waals surface area contributed by atoms with Gasteiger partial charge in [-0.3, -0.25) is 9.97 Å². The first-order valence-corrected chi connectivity index (χ1v) is 6.46. The topological polar surface area (TPSA) is 53.5 Å². The van der Waals surface area contributed by atoms with Crippen LogP contribution < -0.4 is 0 Å². The average Bonchev–Trinajstić information content (AvgIpc) is 2.50. The van der Waals surface area contributed by atoms with Gasteiger partial charge in [0.2, 0.25) is 0 Å². The van der Waals surface area contributed by atoms with E-state index in [9.17, 15) is 0 Å². The highest BCUT2D eigenvalue weighted by Gasteiger charge is 2.45. The van der Waals surface area contributed by atoms with Gasteiger partial charge in [0.1, 0.15) is 5.69 Å². The molecule has 0 bridgehead atoms. The second-order valence-corrected chi connectivity index (χ2v) is 4.42. The smallest absolute Gasteiger partial charge is 0.273 e. The molecular weight excluding hydrogens is 256 g/mol. The fraction of sp³-hybridized carbons (Fsp3) is 0.333. The number of nitrogens with zero attached hydrogens (tertiary/aromatic N) is 2. The third-order valence-corrected chi connectivity index (χ3v) is 3.46. The lowest BCUT2D eigenvalue weighted by molar-refractivity contribution is -0.223. The predicted molar refractivity (Wildman–Crippen MR) is 74.8 cm³/mol. The molecule has 1 unspecified atom stereocenters. The molecule has 0 amide bonds. The molecule has 0 fully saturated rings. The highest BCUT2D eigenvalue weighted by Crippen LogP contribution is 2.43. The maximum Gasteiger partial charge on any atom is 0.273 e. The molecule has 2 aromatic heterocycles. The molecule has 0 saturated carbocycles. The summed E-state index contributed by atoms with van der Waals surface area (Å²) in [6.07, 6.45) is 5.39. The first-order valence-electron chi connectivity index (χ1n) is 6.46. The van der Waals surface area contributed by atoms with Crippen molar-refractivity contribution < 1.29 is 14.2 Å². The summed E-state index contributed by atoms with van der Waals surface area (Å²) in [7, 11) is 3.19. The molecule has 2 heterocycles. The maximum absolute atomic E-state index is 5.86. The quantitative estimate of drug-likeness (QED) is 0.800. The van der Waals surface area contributed by atoms with E-state index in [2.05, 4.69) is 9.97 Å². The molecule has 0 spiro atoms. The van der Waals surface area contributed by atoms with E-state index >= 15 is 0 Å². The van der Waals surface area contributed by atoms with Crippen LogP contribution in [0.5, 0.6) is 0 Å². The largest absolute Gasteiger partial charge is 0.495 e. The fourth-order valence-electron chi connectivity index (χ4n) is 2.64. The van der Waals surface area contributed by atoms with Crippen LogP contribution in [0.2, 0.25) is 0 Å². The van der Waals surface area contributed by atoms with E-state index in [4.69, 9.17) is 14.2 Å². The van der Waals surface area contributed by atoms with Gasteiger partial charge in [-0.15, -0.1) is 0 Å². The lowest BCUT2D eigenvalue weighted by atomic mass is 9.94. The Morgan fingerprint density at radius 1 is 1.15 bits per heavy atom. The van der Waals surface area contributed by atoms with Gasteiger partial charge in [-0.05, 0) is 30.7 Å². The van der Waals surface area contributed by atoms with Crippen LogP contribution in [-0.4, -0.2) is 30.8 Å². The van der Waals surface area contributed by atoms with Gasteiger partial charge in [0.15, 0.2) is 5.76 Å². The maximum atomic E-state index is 5.86. The van der Waals surface area contributed by atoms with E-state index in [1.165, 1.54) is 0 Å². The van der Waals surface area contributed by atoms with Gasteiger partial charge in [-0.1, -0.05) is 0 Å². The molecule has 20 heavy (non-hydrogen) atoms. The van der Waals surface area contributed by atoms with Crippen molar-refractivity contribution in [3.8, 4) is 0 Å². The molecule has 104 valence electrons. The summed E-state index contributed by atoms with van der Waals surface area (Å²) >= 11 is 0. The first-order chi connectivity index (χ1) is 9.76. The molecular formula is C15H16N2O3. The first kappa shape index (κ1) is 13.0. The molecule has 1 aliphatic carbocycles. The van der Waals surface area contributed by atoms with E-state index in [-0.39, 0.29) is 0 Å². The van der Waals surface area contributed by atoms with Crippen molar-refractivity contribution in [1.29, 1.82) is 0 Å². The number of pyridine rings is 2. The van der Waals surface area contributed by atoms with Crippen molar-refractivity contribution in [3.05, 3.63) is 41.5 Å². The van der Waals surface area contributed by atoms with E-state index < -0.39 is 5.79 Å². The van der Waals surface area contributed by atoms with Crippen LogP contribution in [0.4, 0.5) is 0 Å². The van der Waals surface area contributed by atoms with Gasteiger partial charge in [0.25, 0.3) is 5.79 Å². The fourth-order valence-corrected chi connectivity index (χ4v) is 2.64. The summed E-state index contributed by atoms with van der Waals surface area (Å²) < 4.78 is 17.0. The lowest BCUT2D eigenvalue weighted by Gasteiger charge is -2.35. The molecule has 1 aliphatic rings. The van der Waals surface area contributed by atoms with Gasteiger partial charge in [-0.2, -0.15) is 0 Å². The summed E-state index contributed by atoms with van der Waals surface area (Å²) in [5.74, 6) is -0.528. The lowest BCUT2D eigenvalue weighted by Crippen LogP contribution is -2.38. The van der Waals surface area contributed by atoms with Gasteiger partial charge >= 0.3 is 0 Å². The van der Waals surface area contributed by atoms with Gasteiger partial charge < -0.3 is 14.2 Å². The summed E-state index contributed by atoms with van der Waals surface area (Å²) in [5.41, 5.74) is 2.55. The average molecular weight is 272 g/mol. The summed E-state index contributed by atoms with van der Waals surface area (Å²) in [4.78, 5) is 8.84. The van der Waals surface area contributed by atoms with Gasteiger partial charge in [0, 0.05) is 31.5 Å². The Kier molecular flexibility index (Phi) is 3.16. The molecule has 3 rings (SSSR count). The molecule has 0 N–H and O–H groups in total. The standard InChI is InChI=1S/C15H16N2O3/c1-4-20-15(19-3)12(18-2)9-10-5-7-16-11-6-8-17-14(15)13(10)11/h5-9H,4H2,1-3H3. The Labute approximate surface area is 117 Å². The highest BCUT2D eigenvalue weighted by molar-refractivity contribution is 5.92. The van der Waals surface area contributed by atoms with Crippen LogP contribution in [-0.2, 0) is 20.0 Å². The second-order valence-electron chi connectivity index (χ2n) is 4.42. The van der Waals surface area contributed by atoms with Crippen molar-refractivity contribution in [1.82, 2.24) is 9.97 Å². The Morgan fingerprint density at radius 2 is 1.95 bits per heavy atom. The van der Waals surface area contributed by atoms with Crippen molar-refractivity contribution in [2.24, 2.45) is 0 Å². The van der Waals surface area contributed by atoms with Crippen molar-refractivity contribution in [2.75, 3.05) is 20.8 Å². The van der Waals surface area contributed by atoms with Gasteiger partial charge in [0.05, 0.1) is 12.6 Å². The number of hydrogen-bond donors (Lipinski definition) is 0. The summed E-state index contributed by atoms with van der Waals surface area (Å²) in [6, 6.07) is 3.80. The zero-order valence-electron chi connectivity index (χ0n) is 11.7. The number of rotatable bonds is 4. The van der Waals surface area contributed by atoms with E-state index in [0.29, 0.717) is 18.1 Å². The third-order valence-electron chi connectivity index (χ3n) is 3.46. The summed E-state index contributed by atoms with van der Waals surface area (Å²) in [6.45, 7) is 2.38. The van der Waals surface area contributed by atoms with Crippen molar-refractivity contribution in [2.45, 2.75) is 12.7 Å².